The molecule has 1 N–H and O–H groups in total. The molecular weight excluding hydrogens is 410 g/mol. The lowest BCUT2D eigenvalue weighted by Gasteiger charge is -2.11. The number of halogens is 2. The van der Waals surface area contributed by atoms with Gasteiger partial charge in [-0.2, -0.15) is 0 Å². The van der Waals surface area contributed by atoms with E-state index < -0.39 is 0 Å². The summed E-state index contributed by atoms with van der Waals surface area (Å²) in [5.74, 6) is -0.159. The number of nitrogens with zero attached hydrogens (tertiary/aromatic N) is 3. The Hall–Kier alpha value is -3.87. The Morgan fingerprint density at radius 1 is 0.906 bits per heavy atom. The second-order valence-corrected chi connectivity index (χ2v) is 7.25. The van der Waals surface area contributed by atoms with Crippen LogP contribution in [0.2, 0.25) is 0 Å². The van der Waals surface area contributed by atoms with E-state index in [1.165, 1.54) is 22.7 Å². The van der Waals surface area contributed by atoms with Gasteiger partial charge in [-0.1, -0.05) is 42.5 Å². The summed E-state index contributed by atoms with van der Waals surface area (Å²) in [5.41, 5.74) is 1.68. The normalized spacial score (nSPS) is 11.3. The Morgan fingerprint density at radius 3 is 2.28 bits per heavy atom. The zero-order chi connectivity index (χ0) is 22.3. The van der Waals surface area contributed by atoms with E-state index in [2.05, 4.69) is 15.3 Å². The van der Waals surface area contributed by atoms with Gasteiger partial charge in [0.25, 0.3) is 5.56 Å². The van der Waals surface area contributed by atoms with E-state index in [0.29, 0.717) is 54.1 Å². The number of hydrogen-bond acceptors (Lipinski definition) is 4. The molecule has 0 aliphatic rings. The van der Waals surface area contributed by atoms with Gasteiger partial charge in [-0.05, 0) is 48.2 Å². The van der Waals surface area contributed by atoms with Gasteiger partial charge in [0.2, 0.25) is 0 Å². The number of anilines is 1. The van der Waals surface area contributed by atoms with Crippen LogP contribution in [0.1, 0.15) is 16.7 Å². The molecule has 0 radical (unpaired) electrons. The predicted octanol–water partition coefficient (Wildman–Crippen LogP) is 4.29. The van der Waals surface area contributed by atoms with E-state index in [0.717, 1.165) is 0 Å². The Balaban J connectivity index is 1.55. The molecule has 0 amide bonds. The average molecular weight is 432 g/mol. The van der Waals surface area contributed by atoms with Crippen LogP contribution >= 0.6 is 0 Å². The Labute approximate surface area is 184 Å². The van der Waals surface area contributed by atoms with Gasteiger partial charge in [0.15, 0.2) is 0 Å². The fourth-order valence-electron chi connectivity index (χ4n) is 3.41. The summed E-state index contributed by atoms with van der Waals surface area (Å²) < 4.78 is 29.1. The number of hydrogen-bond donors (Lipinski definition) is 1. The molecule has 5 nitrogen and oxygen atoms in total. The number of nitrogens with one attached hydrogen (secondary N) is 1. The molecule has 7 heteroatoms. The topological polar surface area (TPSA) is 58.8 Å². The molecule has 4 rings (SSSR count). The molecule has 0 saturated heterocycles. The van der Waals surface area contributed by atoms with Crippen molar-refractivity contribution in [1.82, 2.24) is 9.38 Å². The van der Waals surface area contributed by atoms with Crippen molar-refractivity contribution < 1.29 is 8.78 Å². The van der Waals surface area contributed by atoms with Gasteiger partial charge in [0, 0.05) is 25.5 Å². The number of aromatic nitrogens is 2. The zero-order valence-electron chi connectivity index (χ0n) is 17.3. The van der Waals surface area contributed by atoms with Crippen molar-refractivity contribution in [2.24, 2.45) is 4.99 Å². The SMILES string of the molecule is O=c1c(C=NCCc2ccccc2F)c(NCCc2ccccc2F)nc2ccccn12. The second kappa shape index (κ2) is 9.96. The van der Waals surface area contributed by atoms with Crippen LogP contribution in [0.3, 0.4) is 0 Å². The van der Waals surface area contributed by atoms with Crippen LogP contribution in [0.15, 0.2) is 82.7 Å². The quantitative estimate of drug-likeness (QED) is 0.423. The van der Waals surface area contributed by atoms with Gasteiger partial charge in [-0.3, -0.25) is 14.2 Å². The van der Waals surface area contributed by atoms with Crippen LogP contribution in [0.25, 0.3) is 5.65 Å². The highest BCUT2D eigenvalue weighted by Gasteiger charge is 2.11. The smallest absolute Gasteiger partial charge is 0.268 e. The summed E-state index contributed by atoms with van der Waals surface area (Å²) in [5, 5.41) is 3.15. The summed E-state index contributed by atoms with van der Waals surface area (Å²) in [6.45, 7) is 0.721. The number of rotatable bonds is 8. The van der Waals surface area contributed by atoms with Gasteiger partial charge in [0.05, 0.1) is 0 Å². The van der Waals surface area contributed by atoms with E-state index in [9.17, 15) is 13.6 Å². The number of benzene rings is 2. The third-order valence-electron chi connectivity index (χ3n) is 5.10. The summed E-state index contributed by atoms with van der Waals surface area (Å²) in [7, 11) is 0. The van der Waals surface area contributed by atoms with E-state index in [4.69, 9.17) is 0 Å². The van der Waals surface area contributed by atoms with Crippen molar-refractivity contribution in [2.75, 3.05) is 18.4 Å². The lowest BCUT2D eigenvalue weighted by atomic mass is 10.1. The van der Waals surface area contributed by atoms with Crippen LogP contribution in [0.5, 0.6) is 0 Å². The summed E-state index contributed by atoms with van der Waals surface area (Å²) in [4.78, 5) is 21.9. The minimum absolute atomic E-state index is 0.265. The lowest BCUT2D eigenvalue weighted by Crippen LogP contribution is -2.23. The van der Waals surface area contributed by atoms with Crippen LogP contribution in [-0.2, 0) is 12.8 Å². The molecule has 2 aromatic carbocycles. The first-order valence-corrected chi connectivity index (χ1v) is 10.4. The first kappa shape index (κ1) is 21.4. The first-order valence-electron chi connectivity index (χ1n) is 10.4. The van der Waals surface area contributed by atoms with E-state index in [1.807, 2.05) is 0 Å². The van der Waals surface area contributed by atoms with Crippen LogP contribution < -0.4 is 10.9 Å². The molecule has 0 saturated carbocycles. The number of aliphatic imine (C=N–C) groups is 1. The highest BCUT2D eigenvalue weighted by molar-refractivity contribution is 5.86. The lowest BCUT2D eigenvalue weighted by molar-refractivity contribution is 0.609. The molecule has 32 heavy (non-hydrogen) atoms. The Kier molecular flexibility index (Phi) is 6.65. The highest BCUT2D eigenvalue weighted by atomic mass is 19.1. The fourth-order valence-corrected chi connectivity index (χ4v) is 3.41. The molecule has 0 unspecified atom stereocenters. The monoisotopic (exact) mass is 432 g/mol. The first-order chi connectivity index (χ1) is 15.6. The molecule has 0 atom stereocenters. The summed E-state index contributed by atoms with van der Waals surface area (Å²) >= 11 is 0. The van der Waals surface area contributed by atoms with Crippen molar-refractivity contribution in [3.63, 3.8) is 0 Å². The summed E-state index contributed by atoms with van der Waals surface area (Å²) in [6.07, 6.45) is 3.97. The third-order valence-corrected chi connectivity index (χ3v) is 5.10. The van der Waals surface area contributed by atoms with E-state index in [1.54, 1.807) is 60.8 Å². The molecule has 162 valence electrons. The van der Waals surface area contributed by atoms with Crippen LogP contribution in [0.4, 0.5) is 14.6 Å². The maximum atomic E-state index is 13.9. The number of pyridine rings is 1. The maximum Gasteiger partial charge on any atom is 0.268 e. The van der Waals surface area contributed by atoms with Crippen molar-refractivity contribution in [3.05, 3.63) is 112 Å². The van der Waals surface area contributed by atoms with Gasteiger partial charge in [0.1, 0.15) is 28.7 Å². The van der Waals surface area contributed by atoms with E-state index in [-0.39, 0.29) is 17.2 Å². The molecule has 0 fully saturated rings. The van der Waals surface area contributed by atoms with E-state index >= 15 is 0 Å². The maximum absolute atomic E-state index is 13.9. The Bertz CT molecular complexity index is 1320. The molecule has 4 aromatic rings. The third kappa shape index (κ3) is 4.88. The molecule has 2 heterocycles. The molecular formula is C25H22F2N4O. The highest BCUT2D eigenvalue weighted by Crippen LogP contribution is 2.12. The summed E-state index contributed by atoms with van der Waals surface area (Å²) in [6, 6.07) is 18.4. The second-order valence-electron chi connectivity index (χ2n) is 7.25. The molecule has 0 spiro atoms. The molecule has 0 aliphatic heterocycles. The zero-order valence-corrected chi connectivity index (χ0v) is 17.3. The van der Waals surface area contributed by atoms with Crippen molar-refractivity contribution in [1.29, 1.82) is 0 Å². The minimum atomic E-state index is -0.273. The Morgan fingerprint density at radius 2 is 1.56 bits per heavy atom. The van der Waals surface area contributed by atoms with Crippen molar-refractivity contribution in [3.8, 4) is 0 Å². The van der Waals surface area contributed by atoms with Crippen LogP contribution in [-0.4, -0.2) is 28.7 Å². The van der Waals surface area contributed by atoms with Gasteiger partial charge in [-0.25, -0.2) is 13.8 Å². The van der Waals surface area contributed by atoms with Gasteiger partial charge < -0.3 is 5.32 Å². The van der Waals surface area contributed by atoms with Crippen molar-refractivity contribution in [2.45, 2.75) is 12.8 Å². The van der Waals surface area contributed by atoms with Crippen LogP contribution in [0, 0.1) is 11.6 Å². The van der Waals surface area contributed by atoms with Gasteiger partial charge in [-0.15, -0.1) is 0 Å². The average Bonchev–Trinajstić information content (AvgIpc) is 2.80. The van der Waals surface area contributed by atoms with Crippen molar-refractivity contribution >= 4 is 17.7 Å². The number of fused-ring (bicyclic) bond motifs is 1. The van der Waals surface area contributed by atoms with Gasteiger partial charge >= 0.3 is 0 Å². The molecule has 0 bridgehead atoms. The largest absolute Gasteiger partial charge is 0.369 e. The standard InChI is InChI=1S/C25H22F2N4O/c26-21-9-3-1-7-18(21)12-14-28-17-20-24(29-15-13-19-8-2-4-10-22(19)27)30-23-11-5-6-16-31(23)25(20)32/h1-11,16-17,29H,12-15H2. The predicted molar refractivity (Wildman–Crippen MR) is 123 cm³/mol. The molecule has 2 aromatic heterocycles. The molecule has 0 aliphatic carbocycles. The fraction of sp³-hybridized carbons (Fsp3) is 0.160. The minimum Gasteiger partial charge on any atom is -0.369 e.